The first-order valence-corrected chi connectivity index (χ1v) is 8.23. The molecule has 22 heavy (non-hydrogen) atoms. The molecule has 1 N–H and O–H groups in total. The van der Waals surface area contributed by atoms with Gasteiger partial charge in [-0.3, -0.25) is 4.79 Å². The van der Waals surface area contributed by atoms with E-state index in [0.717, 1.165) is 22.0 Å². The van der Waals surface area contributed by atoms with Crippen LogP contribution >= 0.6 is 22.9 Å². The van der Waals surface area contributed by atoms with Crippen LogP contribution in [0.3, 0.4) is 0 Å². The molecule has 0 radical (unpaired) electrons. The van der Waals surface area contributed by atoms with Gasteiger partial charge in [-0.2, -0.15) is 0 Å². The van der Waals surface area contributed by atoms with Crippen molar-refractivity contribution >= 4 is 28.8 Å². The van der Waals surface area contributed by atoms with Crippen molar-refractivity contribution in [2.24, 2.45) is 0 Å². The summed E-state index contributed by atoms with van der Waals surface area (Å²) in [5.74, 6) is -0.524. The molecule has 0 unspecified atom stereocenters. The van der Waals surface area contributed by atoms with E-state index in [2.05, 4.69) is 14.9 Å². The Morgan fingerprint density at radius 2 is 2.05 bits per heavy atom. The molecule has 0 saturated heterocycles. The number of carbonyl (C=O) groups excluding carboxylic acids is 1. The maximum Gasteiger partial charge on any atom is 0.265 e. The predicted molar refractivity (Wildman–Crippen MR) is 85.5 cm³/mol. The third-order valence-electron chi connectivity index (χ3n) is 3.17. The maximum absolute atomic E-state index is 12.9. The Kier molecular flexibility index (Phi) is 4.26. The number of hydrogen-bond donors (Lipinski definition) is 1. The third-order valence-corrected chi connectivity index (χ3v) is 4.77. The van der Waals surface area contributed by atoms with Gasteiger partial charge in [-0.1, -0.05) is 22.7 Å². The van der Waals surface area contributed by atoms with Crippen LogP contribution in [-0.4, -0.2) is 15.5 Å². The zero-order valence-corrected chi connectivity index (χ0v) is 13.2. The number of hydrogen-bond acceptors (Lipinski definition) is 5. The number of nitrogens with one attached hydrogen (secondary N) is 1. The van der Waals surface area contributed by atoms with Crippen molar-refractivity contribution in [2.75, 3.05) is 0 Å². The second-order valence-electron chi connectivity index (χ2n) is 4.67. The van der Waals surface area contributed by atoms with Gasteiger partial charge in [0, 0.05) is 0 Å². The molecular formula is C15H12FN3OS2. The van der Waals surface area contributed by atoms with Crippen LogP contribution < -0.4 is 5.32 Å². The minimum atomic E-state index is -0.297. The van der Waals surface area contributed by atoms with Crippen LogP contribution in [0, 0.1) is 5.82 Å². The van der Waals surface area contributed by atoms with Crippen molar-refractivity contribution in [3.05, 3.63) is 58.0 Å². The summed E-state index contributed by atoms with van der Waals surface area (Å²) < 4.78 is 16.8. The highest BCUT2D eigenvalue weighted by molar-refractivity contribution is 7.14. The first-order valence-electron chi connectivity index (χ1n) is 6.57. The average Bonchev–Trinajstić information content (AvgIpc) is 3.18. The van der Waals surface area contributed by atoms with Crippen molar-refractivity contribution in [2.45, 2.75) is 13.0 Å². The first kappa shape index (κ1) is 14.8. The van der Waals surface area contributed by atoms with Crippen molar-refractivity contribution < 1.29 is 9.18 Å². The van der Waals surface area contributed by atoms with Crippen molar-refractivity contribution in [1.82, 2.24) is 14.9 Å². The summed E-state index contributed by atoms with van der Waals surface area (Å²) in [6.45, 7) is 1.85. The largest absolute Gasteiger partial charge is 0.345 e. The Bertz CT molecular complexity index is 768. The van der Waals surface area contributed by atoms with Crippen LogP contribution in [0.15, 0.2) is 41.8 Å². The summed E-state index contributed by atoms with van der Waals surface area (Å²) in [4.78, 5) is 13.8. The van der Waals surface area contributed by atoms with Gasteiger partial charge in [0.25, 0.3) is 5.91 Å². The van der Waals surface area contributed by atoms with Crippen LogP contribution in [0.1, 0.15) is 28.2 Å². The molecule has 1 atom stereocenters. The summed E-state index contributed by atoms with van der Waals surface area (Å²) in [7, 11) is 0. The van der Waals surface area contributed by atoms with E-state index in [0.29, 0.717) is 10.6 Å². The van der Waals surface area contributed by atoms with E-state index in [1.54, 1.807) is 12.1 Å². The first-order chi connectivity index (χ1) is 10.6. The molecule has 112 valence electrons. The van der Waals surface area contributed by atoms with Crippen LogP contribution in [0.4, 0.5) is 4.39 Å². The van der Waals surface area contributed by atoms with E-state index in [-0.39, 0.29) is 17.8 Å². The van der Waals surface area contributed by atoms with Crippen LogP contribution in [0.25, 0.3) is 10.6 Å². The van der Waals surface area contributed by atoms with Gasteiger partial charge in [-0.15, -0.1) is 16.4 Å². The van der Waals surface area contributed by atoms with Gasteiger partial charge in [-0.25, -0.2) is 4.39 Å². The third kappa shape index (κ3) is 3.05. The second kappa shape index (κ2) is 6.33. The maximum atomic E-state index is 12.9. The molecule has 0 bridgehead atoms. The summed E-state index contributed by atoms with van der Waals surface area (Å²) in [5, 5.41) is 8.86. The summed E-state index contributed by atoms with van der Waals surface area (Å²) in [6.07, 6.45) is 0. The lowest BCUT2D eigenvalue weighted by Crippen LogP contribution is -2.26. The minimum Gasteiger partial charge on any atom is -0.345 e. The zero-order chi connectivity index (χ0) is 15.5. The number of rotatable bonds is 4. The van der Waals surface area contributed by atoms with E-state index in [4.69, 9.17) is 0 Å². The Balaban J connectivity index is 1.78. The highest BCUT2D eigenvalue weighted by Crippen LogP contribution is 2.28. The highest BCUT2D eigenvalue weighted by Gasteiger charge is 2.20. The van der Waals surface area contributed by atoms with Gasteiger partial charge in [0.2, 0.25) is 0 Å². The van der Waals surface area contributed by atoms with Crippen molar-refractivity contribution in [3.8, 4) is 10.6 Å². The fourth-order valence-corrected chi connectivity index (χ4v) is 3.37. The van der Waals surface area contributed by atoms with E-state index in [1.807, 2.05) is 24.4 Å². The monoisotopic (exact) mass is 333 g/mol. The van der Waals surface area contributed by atoms with Crippen LogP contribution in [0.2, 0.25) is 0 Å². The molecule has 0 aliphatic heterocycles. The van der Waals surface area contributed by atoms with Gasteiger partial charge in [0.05, 0.1) is 10.9 Å². The number of halogens is 1. The average molecular weight is 333 g/mol. The second-order valence-corrected chi connectivity index (χ2v) is 6.38. The molecule has 0 aliphatic carbocycles. The van der Waals surface area contributed by atoms with E-state index >= 15 is 0 Å². The molecule has 0 aliphatic rings. The molecule has 2 heterocycles. The predicted octanol–water partition coefficient (Wildman–Crippen LogP) is 3.90. The number of thiophene rings is 1. The molecule has 4 nitrogen and oxygen atoms in total. The number of nitrogens with zero attached hydrogens (tertiary/aromatic N) is 2. The van der Waals surface area contributed by atoms with Gasteiger partial charge in [0.15, 0.2) is 0 Å². The van der Waals surface area contributed by atoms with E-state index in [1.165, 1.54) is 23.5 Å². The molecular weight excluding hydrogens is 321 g/mol. The minimum absolute atomic E-state index is 0.227. The quantitative estimate of drug-likeness (QED) is 0.788. The summed E-state index contributed by atoms with van der Waals surface area (Å²) in [5.41, 5.74) is 1.44. The fourth-order valence-electron chi connectivity index (χ4n) is 2.01. The number of amides is 1. The standard InChI is InChI=1S/C15H12FN3OS2/c1-9(10-4-6-11(16)7-5-10)17-15(20)14-13(18-19-22-14)12-3-2-8-21-12/h2-9H,1H3,(H,17,20)/t9-/m1/s1. The lowest BCUT2D eigenvalue weighted by molar-refractivity contribution is 0.0944. The molecule has 3 aromatic rings. The van der Waals surface area contributed by atoms with Crippen molar-refractivity contribution in [3.63, 3.8) is 0 Å². The smallest absolute Gasteiger partial charge is 0.265 e. The van der Waals surface area contributed by atoms with Gasteiger partial charge in [0.1, 0.15) is 16.4 Å². The van der Waals surface area contributed by atoms with Gasteiger partial charge < -0.3 is 5.32 Å². The topological polar surface area (TPSA) is 54.9 Å². The Morgan fingerprint density at radius 3 is 2.73 bits per heavy atom. The normalized spacial score (nSPS) is 12.1. The van der Waals surface area contributed by atoms with Gasteiger partial charge >= 0.3 is 0 Å². The number of benzene rings is 1. The summed E-state index contributed by atoms with van der Waals surface area (Å²) >= 11 is 2.58. The zero-order valence-electron chi connectivity index (χ0n) is 11.6. The molecule has 0 spiro atoms. The van der Waals surface area contributed by atoms with E-state index in [9.17, 15) is 9.18 Å². The van der Waals surface area contributed by atoms with Crippen LogP contribution in [0.5, 0.6) is 0 Å². The van der Waals surface area contributed by atoms with Gasteiger partial charge in [-0.05, 0) is 47.6 Å². The molecule has 0 fully saturated rings. The number of aromatic nitrogens is 2. The fraction of sp³-hybridized carbons (Fsp3) is 0.133. The molecule has 1 amide bonds. The lowest BCUT2D eigenvalue weighted by atomic mass is 10.1. The molecule has 0 saturated carbocycles. The van der Waals surface area contributed by atoms with E-state index < -0.39 is 0 Å². The number of carbonyl (C=O) groups is 1. The molecule has 3 rings (SSSR count). The van der Waals surface area contributed by atoms with Crippen LogP contribution in [-0.2, 0) is 0 Å². The SMILES string of the molecule is C[C@@H](NC(=O)c1snnc1-c1cccs1)c1ccc(F)cc1. The molecule has 1 aromatic carbocycles. The Morgan fingerprint density at radius 1 is 1.27 bits per heavy atom. The molecule has 7 heteroatoms. The lowest BCUT2D eigenvalue weighted by Gasteiger charge is -2.13. The Hall–Kier alpha value is -2.12. The Labute approximate surface area is 134 Å². The van der Waals surface area contributed by atoms with Crippen molar-refractivity contribution in [1.29, 1.82) is 0 Å². The molecule has 2 aromatic heterocycles. The highest BCUT2D eigenvalue weighted by atomic mass is 32.1. The summed E-state index contributed by atoms with van der Waals surface area (Å²) in [6, 6.07) is 9.65.